The minimum atomic E-state index is -2.38. The quantitative estimate of drug-likeness (QED) is 0.0398. The second-order valence-corrected chi connectivity index (χ2v) is 12.2. The molecule has 0 atom stereocenters. The molecule has 7 aromatic rings. The van der Waals surface area contributed by atoms with Gasteiger partial charge in [-0.05, 0) is 65.2 Å². The van der Waals surface area contributed by atoms with Gasteiger partial charge in [0.25, 0.3) is 0 Å². The number of hydrogen-bond acceptors (Lipinski definition) is 2. The number of aromatic nitrogens is 4. The Hall–Kier alpha value is -7.00. The largest absolute Gasteiger partial charge is 0.354 e. The van der Waals surface area contributed by atoms with Crippen LogP contribution in [-0.4, -0.2) is 19.9 Å². The molecule has 5 heterocycles. The third-order valence-electron chi connectivity index (χ3n) is 9.03. The normalized spacial score (nSPS) is 11.8. The number of halogens is 10. The number of H-pyrrole nitrogens is 3. The number of fused-ring (bicyclic) bond motifs is 9. The topological polar surface area (TPSA) is 109 Å². The molecule has 0 fully saturated rings. The summed E-state index contributed by atoms with van der Waals surface area (Å²) < 4.78 is 149. The van der Waals surface area contributed by atoms with Crippen LogP contribution in [0.1, 0.15) is 17.0 Å². The van der Waals surface area contributed by atoms with E-state index in [2.05, 4.69) is 30.0 Å². The van der Waals surface area contributed by atoms with Gasteiger partial charge in [-0.3, -0.25) is 0 Å². The Balaban J connectivity index is 1.59. The fourth-order valence-electron chi connectivity index (χ4n) is 6.57. The van der Waals surface area contributed by atoms with Crippen LogP contribution in [0.15, 0.2) is 65.8 Å². The van der Waals surface area contributed by atoms with Gasteiger partial charge < -0.3 is 15.0 Å². The van der Waals surface area contributed by atoms with Crippen LogP contribution in [0.3, 0.4) is 0 Å². The average Bonchev–Trinajstić information content (AvgIpc) is 4.03. The van der Waals surface area contributed by atoms with Crippen molar-refractivity contribution >= 4 is 45.3 Å². The lowest BCUT2D eigenvalue weighted by Gasteiger charge is -2.10. The van der Waals surface area contributed by atoms with Gasteiger partial charge in [0.05, 0.1) is 40.1 Å². The van der Waals surface area contributed by atoms with E-state index in [9.17, 15) is 26.3 Å². The summed E-state index contributed by atoms with van der Waals surface area (Å²) in [4.78, 5) is 16.0. The predicted octanol–water partition coefficient (Wildman–Crippen LogP) is 11.9. The van der Waals surface area contributed by atoms with Crippen molar-refractivity contribution < 1.29 is 43.9 Å². The third kappa shape index (κ3) is 5.55. The number of aromatic amines is 3. The first kappa shape index (κ1) is 35.1. The maximum absolute atomic E-state index is 15.5. The molecule has 0 unspecified atom stereocenters. The van der Waals surface area contributed by atoms with Crippen molar-refractivity contribution in [1.82, 2.24) is 19.9 Å². The highest BCUT2D eigenvalue weighted by atomic mass is 19.2. The first-order chi connectivity index (χ1) is 26.4. The van der Waals surface area contributed by atoms with Crippen LogP contribution in [-0.2, 0) is 6.54 Å². The van der Waals surface area contributed by atoms with Gasteiger partial charge in [-0.1, -0.05) is 29.4 Å². The summed E-state index contributed by atoms with van der Waals surface area (Å²) in [5.74, 6) is -22.1. The molecule has 1 aliphatic rings. The standard InChI is InChI=1S/C38H17F10N7/c39-29-27(30(40)34(44)37(47)33(29)43)25-20-6-4-16(51-20)17-5-7-21(52-17)26(28-31(41)35(45)38(48)36(46)32(28)42)23-11-9-19(54-23)24(18-8-10-22(25)53-18)15-3-1-2-14(12-15)13-50-55-49/h1-12,51-53H,13H2. The fourth-order valence-corrected chi connectivity index (χ4v) is 6.57. The van der Waals surface area contributed by atoms with Crippen molar-refractivity contribution in [2.45, 2.75) is 6.54 Å². The highest BCUT2D eigenvalue weighted by Crippen LogP contribution is 2.41. The molecule has 1 aliphatic heterocycles. The van der Waals surface area contributed by atoms with Crippen LogP contribution in [0.5, 0.6) is 0 Å². The number of hydrogen-bond donors (Lipinski definition) is 3. The first-order valence-electron chi connectivity index (χ1n) is 15.9. The van der Waals surface area contributed by atoms with Crippen molar-refractivity contribution in [2.75, 3.05) is 0 Å². The van der Waals surface area contributed by atoms with Gasteiger partial charge >= 0.3 is 0 Å². The third-order valence-corrected chi connectivity index (χ3v) is 9.03. The predicted molar refractivity (Wildman–Crippen MR) is 184 cm³/mol. The molecule has 4 aromatic heterocycles. The molecule has 0 amide bonds. The van der Waals surface area contributed by atoms with E-state index in [0.717, 1.165) is 0 Å². The molecule has 0 saturated heterocycles. The van der Waals surface area contributed by atoms with Gasteiger partial charge in [0.1, 0.15) is 0 Å². The first-order valence-corrected chi connectivity index (χ1v) is 15.9. The van der Waals surface area contributed by atoms with E-state index >= 15 is 17.6 Å². The molecule has 0 spiro atoms. The molecular formula is C38H17F10N7. The Labute approximate surface area is 300 Å². The Morgan fingerprint density at radius 1 is 0.473 bits per heavy atom. The summed E-state index contributed by atoms with van der Waals surface area (Å²) in [5, 5.41) is 3.56. The van der Waals surface area contributed by atoms with Crippen molar-refractivity contribution in [3.05, 3.63) is 146 Å². The molecule has 274 valence electrons. The molecule has 0 radical (unpaired) electrons. The van der Waals surface area contributed by atoms with Crippen molar-refractivity contribution in [3.8, 4) is 33.4 Å². The molecule has 0 saturated carbocycles. The Morgan fingerprint density at radius 3 is 1.38 bits per heavy atom. The Morgan fingerprint density at radius 2 is 0.873 bits per heavy atom. The zero-order chi connectivity index (χ0) is 38.9. The van der Waals surface area contributed by atoms with Gasteiger partial charge in [-0.15, -0.1) is 0 Å². The van der Waals surface area contributed by atoms with Crippen LogP contribution < -0.4 is 0 Å². The van der Waals surface area contributed by atoms with E-state index in [1.807, 2.05) is 0 Å². The molecule has 7 nitrogen and oxygen atoms in total. The summed E-state index contributed by atoms with van der Waals surface area (Å²) in [7, 11) is 0. The average molecular weight is 762 g/mol. The number of azide groups is 1. The monoisotopic (exact) mass is 761 g/mol. The minimum Gasteiger partial charge on any atom is -0.354 e. The summed E-state index contributed by atoms with van der Waals surface area (Å²) in [5.41, 5.74) is 5.96. The molecule has 17 heteroatoms. The molecule has 0 aliphatic carbocycles. The van der Waals surface area contributed by atoms with Gasteiger partial charge in [-0.2, -0.15) is 0 Å². The van der Waals surface area contributed by atoms with Gasteiger partial charge in [0.2, 0.25) is 11.6 Å². The number of nitrogens with one attached hydrogen (secondary N) is 3. The lowest BCUT2D eigenvalue weighted by Crippen LogP contribution is -2.05. The van der Waals surface area contributed by atoms with E-state index in [4.69, 9.17) is 5.53 Å². The minimum absolute atomic E-state index is 0.0340. The smallest absolute Gasteiger partial charge is 0.200 e. The molecule has 3 aromatic carbocycles. The second kappa shape index (κ2) is 13.1. The Bertz CT molecular complexity index is 2930. The second-order valence-electron chi connectivity index (χ2n) is 12.2. The number of nitrogens with zero attached hydrogens (tertiary/aromatic N) is 4. The summed E-state index contributed by atoms with van der Waals surface area (Å²) >= 11 is 0. The van der Waals surface area contributed by atoms with E-state index in [1.165, 1.54) is 48.6 Å². The number of benzene rings is 3. The number of rotatable bonds is 5. The molecule has 55 heavy (non-hydrogen) atoms. The van der Waals surface area contributed by atoms with Crippen LogP contribution in [0.2, 0.25) is 0 Å². The molecule has 3 N–H and O–H groups in total. The summed E-state index contributed by atoms with van der Waals surface area (Å²) in [6.07, 6.45) is 2.64. The molecule has 8 rings (SSSR count). The highest BCUT2D eigenvalue weighted by Gasteiger charge is 2.31. The zero-order valence-corrected chi connectivity index (χ0v) is 27.2. The van der Waals surface area contributed by atoms with Crippen LogP contribution in [0.25, 0.3) is 89.1 Å². The lowest BCUT2D eigenvalue weighted by molar-refractivity contribution is 0.381. The lowest BCUT2D eigenvalue weighted by atomic mass is 10.0. The van der Waals surface area contributed by atoms with Crippen molar-refractivity contribution in [2.24, 2.45) is 5.11 Å². The SMILES string of the molecule is [N-]=[N+]=NCc1cccc(-c2c3nc(c(-c4c(F)c(F)c(F)c(F)c4F)c4ccc([nH]4)c4ccc([nH]4)c(-c4c(F)c(F)c(F)c(F)c4F)c4ccc2[nH]4)C=C3)c1. The van der Waals surface area contributed by atoms with Crippen LogP contribution in [0, 0.1) is 58.2 Å². The summed E-state index contributed by atoms with van der Waals surface area (Å²) in [6, 6.07) is 14.4. The van der Waals surface area contributed by atoms with Crippen LogP contribution >= 0.6 is 0 Å². The van der Waals surface area contributed by atoms with Gasteiger partial charge in [0.15, 0.2) is 46.5 Å². The van der Waals surface area contributed by atoms with Gasteiger partial charge in [0, 0.05) is 43.7 Å². The van der Waals surface area contributed by atoms with Crippen molar-refractivity contribution in [3.63, 3.8) is 0 Å². The molecular weight excluding hydrogens is 744 g/mol. The highest BCUT2D eigenvalue weighted by molar-refractivity contribution is 6.00. The maximum atomic E-state index is 15.5. The molecule has 8 bridgehead atoms. The van der Waals surface area contributed by atoms with Crippen LogP contribution in [0.4, 0.5) is 43.9 Å². The van der Waals surface area contributed by atoms with E-state index < -0.39 is 80.4 Å². The van der Waals surface area contributed by atoms with E-state index in [-0.39, 0.29) is 56.6 Å². The van der Waals surface area contributed by atoms with Gasteiger partial charge in [-0.25, -0.2) is 48.9 Å². The zero-order valence-electron chi connectivity index (χ0n) is 27.2. The maximum Gasteiger partial charge on any atom is 0.200 e. The Kier molecular flexibility index (Phi) is 8.37. The van der Waals surface area contributed by atoms with E-state index in [1.54, 1.807) is 24.3 Å². The summed E-state index contributed by atoms with van der Waals surface area (Å²) in [6.45, 7) is -0.103. The van der Waals surface area contributed by atoms with Crippen molar-refractivity contribution in [1.29, 1.82) is 0 Å². The fraction of sp³-hybridized carbons (Fsp3) is 0.0263. The van der Waals surface area contributed by atoms with E-state index in [0.29, 0.717) is 11.1 Å².